The Hall–Kier alpha value is -1.14. The Balaban J connectivity index is 2.24. The number of piperazine rings is 1. The molecule has 0 radical (unpaired) electrons. The van der Waals surface area contributed by atoms with E-state index in [1.165, 1.54) is 0 Å². The van der Waals surface area contributed by atoms with E-state index in [1.807, 2.05) is 30.6 Å². The van der Waals surface area contributed by atoms with Crippen molar-refractivity contribution in [3.8, 4) is 0 Å². The molecular weight excluding hydrogens is 236 g/mol. The number of ether oxygens (including phenoxy) is 1. The van der Waals surface area contributed by atoms with Crippen molar-refractivity contribution < 1.29 is 19.4 Å². The molecule has 1 aliphatic rings. The fourth-order valence-electron chi connectivity index (χ4n) is 1.63. The summed E-state index contributed by atoms with van der Waals surface area (Å²) >= 11 is 0. The van der Waals surface area contributed by atoms with Gasteiger partial charge in [0.25, 0.3) is 0 Å². The first-order valence-corrected chi connectivity index (χ1v) is 6.13. The average Bonchev–Trinajstić information content (AvgIpc) is 2.25. The van der Waals surface area contributed by atoms with Crippen LogP contribution in [0.2, 0.25) is 0 Å². The first-order valence-electron chi connectivity index (χ1n) is 6.13. The molecule has 0 spiro atoms. The van der Waals surface area contributed by atoms with E-state index < -0.39 is 11.4 Å². The van der Waals surface area contributed by atoms with E-state index in [-0.39, 0.29) is 19.2 Å². The molecule has 1 fully saturated rings. The molecule has 0 amide bonds. The summed E-state index contributed by atoms with van der Waals surface area (Å²) in [6.45, 7) is 8.67. The smallest absolute Gasteiger partial charge is 0.317 e. The van der Waals surface area contributed by atoms with Gasteiger partial charge >= 0.3 is 11.9 Å². The van der Waals surface area contributed by atoms with Gasteiger partial charge in [-0.25, -0.2) is 0 Å². The van der Waals surface area contributed by atoms with Gasteiger partial charge in [0, 0.05) is 26.2 Å². The predicted octanol–water partition coefficient (Wildman–Crippen LogP) is 0.235. The van der Waals surface area contributed by atoms with Crippen LogP contribution in [-0.4, -0.2) is 66.3 Å². The fourth-order valence-corrected chi connectivity index (χ4v) is 1.63. The molecule has 0 saturated carbocycles. The van der Waals surface area contributed by atoms with Crippen molar-refractivity contribution in [2.45, 2.75) is 20.8 Å². The Bertz CT molecular complexity index is 304. The summed E-state index contributed by atoms with van der Waals surface area (Å²) < 4.78 is 5.21. The van der Waals surface area contributed by atoms with Gasteiger partial charge < -0.3 is 9.84 Å². The number of nitrogens with zero attached hydrogens (tertiary/aromatic N) is 2. The van der Waals surface area contributed by atoms with Crippen molar-refractivity contribution in [3.63, 3.8) is 0 Å². The second-order valence-corrected chi connectivity index (χ2v) is 5.60. The number of rotatable bonds is 4. The van der Waals surface area contributed by atoms with Gasteiger partial charge in [0.05, 0.1) is 12.0 Å². The van der Waals surface area contributed by atoms with Crippen LogP contribution in [0.4, 0.5) is 0 Å². The molecule has 0 aliphatic carbocycles. The summed E-state index contributed by atoms with van der Waals surface area (Å²) in [5.74, 6) is -1.02. The van der Waals surface area contributed by atoms with E-state index in [4.69, 9.17) is 9.84 Å². The number of carbonyl (C=O) groups is 2. The highest BCUT2D eigenvalue weighted by Crippen LogP contribution is 2.15. The van der Waals surface area contributed by atoms with Crippen LogP contribution in [0.15, 0.2) is 0 Å². The van der Waals surface area contributed by atoms with Crippen molar-refractivity contribution in [1.82, 2.24) is 9.80 Å². The van der Waals surface area contributed by atoms with Crippen molar-refractivity contribution in [2.75, 3.05) is 39.5 Å². The van der Waals surface area contributed by atoms with Crippen LogP contribution in [0.25, 0.3) is 0 Å². The summed E-state index contributed by atoms with van der Waals surface area (Å²) in [6.07, 6.45) is 0. The van der Waals surface area contributed by atoms with Crippen LogP contribution in [-0.2, 0) is 14.3 Å². The van der Waals surface area contributed by atoms with Crippen LogP contribution >= 0.6 is 0 Å². The van der Waals surface area contributed by atoms with Gasteiger partial charge in [0.15, 0.2) is 0 Å². The molecule has 18 heavy (non-hydrogen) atoms. The lowest BCUT2D eigenvalue weighted by molar-refractivity contribution is -0.158. The second-order valence-electron chi connectivity index (χ2n) is 5.60. The summed E-state index contributed by atoms with van der Waals surface area (Å²) in [7, 11) is 0. The Kier molecular flexibility index (Phi) is 5.10. The van der Waals surface area contributed by atoms with E-state index in [2.05, 4.69) is 0 Å². The molecule has 0 bridgehead atoms. The minimum atomic E-state index is -0.803. The van der Waals surface area contributed by atoms with Crippen molar-refractivity contribution in [3.05, 3.63) is 0 Å². The third kappa shape index (κ3) is 5.01. The van der Waals surface area contributed by atoms with Crippen LogP contribution < -0.4 is 0 Å². The first kappa shape index (κ1) is 14.9. The largest absolute Gasteiger partial charge is 0.480 e. The maximum atomic E-state index is 11.6. The number of hydrogen-bond acceptors (Lipinski definition) is 5. The highest BCUT2D eigenvalue weighted by atomic mass is 16.5. The van der Waals surface area contributed by atoms with E-state index in [9.17, 15) is 9.59 Å². The molecule has 6 nitrogen and oxygen atoms in total. The number of carbonyl (C=O) groups excluding carboxylic acids is 1. The van der Waals surface area contributed by atoms with Crippen molar-refractivity contribution in [1.29, 1.82) is 0 Å². The number of aliphatic carboxylic acids is 1. The van der Waals surface area contributed by atoms with E-state index >= 15 is 0 Å². The molecule has 1 aliphatic heterocycles. The van der Waals surface area contributed by atoms with Crippen LogP contribution in [0.1, 0.15) is 20.8 Å². The molecular formula is C12H22N2O4. The summed E-state index contributed by atoms with van der Waals surface area (Å²) in [6, 6.07) is 0. The highest BCUT2D eigenvalue weighted by molar-refractivity contribution is 5.75. The normalized spacial score (nSPS) is 18.6. The van der Waals surface area contributed by atoms with Gasteiger partial charge in [-0.05, 0) is 20.8 Å². The number of esters is 1. The molecule has 6 heteroatoms. The predicted molar refractivity (Wildman–Crippen MR) is 66.1 cm³/mol. The van der Waals surface area contributed by atoms with E-state index in [1.54, 1.807) is 0 Å². The summed E-state index contributed by atoms with van der Waals surface area (Å²) in [5.41, 5.74) is -0.481. The van der Waals surface area contributed by atoms with Crippen LogP contribution in [0.5, 0.6) is 0 Å². The van der Waals surface area contributed by atoms with Gasteiger partial charge in [-0.1, -0.05) is 0 Å². The molecule has 104 valence electrons. The minimum absolute atomic E-state index is 0.0790. The number of carboxylic acid groups (broad SMARTS) is 1. The first-order chi connectivity index (χ1) is 8.29. The summed E-state index contributed by atoms with van der Waals surface area (Å²) in [5, 5.41) is 8.67. The van der Waals surface area contributed by atoms with Crippen molar-refractivity contribution >= 4 is 11.9 Å². The zero-order valence-electron chi connectivity index (χ0n) is 11.3. The molecule has 0 aromatic carbocycles. The maximum absolute atomic E-state index is 11.6. The fraction of sp³-hybridized carbons (Fsp3) is 0.833. The van der Waals surface area contributed by atoms with Gasteiger partial charge in [-0.3, -0.25) is 19.4 Å². The van der Waals surface area contributed by atoms with Crippen LogP contribution in [0.3, 0.4) is 0 Å². The third-order valence-corrected chi connectivity index (χ3v) is 2.81. The zero-order chi connectivity index (χ0) is 13.8. The lowest BCUT2D eigenvalue weighted by Gasteiger charge is -2.33. The molecule has 0 aromatic heterocycles. The monoisotopic (exact) mass is 258 g/mol. The van der Waals surface area contributed by atoms with Gasteiger partial charge in [0.2, 0.25) is 0 Å². The van der Waals surface area contributed by atoms with Gasteiger partial charge in [-0.15, -0.1) is 0 Å². The van der Waals surface area contributed by atoms with Crippen molar-refractivity contribution in [2.24, 2.45) is 5.41 Å². The Morgan fingerprint density at radius 1 is 1.11 bits per heavy atom. The standard InChI is InChI=1S/C12H22N2O4/c1-12(2,3)11(17)18-9-14-6-4-13(5-7-14)8-10(15)16/h4-9H2,1-3H3,(H,15,16). The summed E-state index contributed by atoms with van der Waals surface area (Å²) in [4.78, 5) is 26.0. The van der Waals surface area contributed by atoms with Gasteiger partial charge in [-0.2, -0.15) is 0 Å². The molecule has 0 atom stereocenters. The Labute approximate surface area is 107 Å². The molecule has 1 N–H and O–H groups in total. The lowest BCUT2D eigenvalue weighted by Crippen LogP contribution is -2.48. The Morgan fingerprint density at radius 3 is 2.06 bits per heavy atom. The molecule has 1 heterocycles. The minimum Gasteiger partial charge on any atom is -0.480 e. The molecule has 1 saturated heterocycles. The second kappa shape index (κ2) is 6.15. The Morgan fingerprint density at radius 2 is 1.61 bits per heavy atom. The number of hydrogen-bond donors (Lipinski definition) is 1. The lowest BCUT2D eigenvalue weighted by atomic mass is 9.98. The van der Waals surface area contributed by atoms with Crippen LogP contribution in [0, 0.1) is 5.41 Å². The maximum Gasteiger partial charge on any atom is 0.317 e. The van der Waals surface area contributed by atoms with E-state index in [0.29, 0.717) is 13.1 Å². The SMILES string of the molecule is CC(C)(C)C(=O)OCN1CCN(CC(=O)O)CC1. The number of carboxylic acids is 1. The molecule has 0 aromatic rings. The topological polar surface area (TPSA) is 70.1 Å². The average molecular weight is 258 g/mol. The van der Waals surface area contributed by atoms with E-state index in [0.717, 1.165) is 13.1 Å². The quantitative estimate of drug-likeness (QED) is 0.728. The molecule has 1 rings (SSSR count). The highest BCUT2D eigenvalue weighted by Gasteiger charge is 2.25. The molecule has 0 unspecified atom stereocenters. The zero-order valence-corrected chi connectivity index (χ0v) is 11.3. The third-order valence-electron chi connectivity index (χ3n) is 2.81. The van der Waals surface area contributed by atoms with Gasteiger partial charge in [0.1, 0.15) is 6.73 Å².